The molecule has 1 aromatic heterocycles. The van der Waals surface area contributed by atoms with Crippen LogP contribution in [0.25, 0.3) is 11.4 Å². The predicted octanol–water partition coefficient (Wildman–Crippen LogP) is 1.59. The molecule has 4 nitrogen and oxygen atoms in total. The second-order valence-electron chi connectivity index (χ2n) is 4.32. The van der Waals surface area contributed by atoms with E-state index in [1.165, 1.54) is 0 Å². The molecule has 0 aliphatic rings. The molecule has 2 aromatic rings. The molecular formula is C14H16N2O2. The number of nitrogens with zero attached hydrogens (tertiary/aromatic N) is 1. The standard InChI is InChI=1S/C14H16N2O2/c1-9-4-3-5-11(8-9)13-15-10(2)12(6-7-17)14(18)16-13/h3-5,8,17H,6-7H2,1-2H3,(H,15,16,18). The molecule has 0 aliphatic heterocycles. The summed E-state index contributed by atoms with van der Waals surface area (Å²) in [5.41, 5.74) is 3.06. The first-order valence-electron chi connectivity index (χ1n) is 5.89. The van der Waals surface area contributed by atoms with Gasteiger partial charge in [0.25, 0.3) is 5.56 Å². The van der Waals surface area contributed by atoms with Crippen molar-refractivity contribution in [2.45, 2.75) is 20.3 Å². The van der Waals surface area contributed by atoms with Gasteiger partial charge in [0, 0.05) is 29.8 Å². The number of aliphatic hydroxyl groups excluding tert-OH is 1. The Morgan fingerprint density at radius 1 is 1.33 bits per heavy atom. The molecule has 1 aromatic carbocycles. The summed E-state index contributed by atoms with van der Waals surface area (Å²) < 4.78 is 0. The van der Waals surface area contributed by atoms with Crippen molar-refractivity contribution in [3.05, 3.63) is 51.4 Å². The molecule has 0 atom stereocenters. The third kappa shape index (κ3) is 2.49. The van der Waals surface area contributed by atoms with E-state index in [0.29, 0.717) is 23.5 Å². The highest BCUT2D eigenvalue weighted by molar-refractivity contribution is 5.56. The van der Waals surface area contributed by atoms with Gasteiger partial charge in [0.1, 0.15) is 5.82 Å². The Labute approximate surface area is 105 Å². The fraction of sp³-hybridized carbons (Fsp3) is 0.286. The molecule has 0 spiro atoms. The predicted molar refractivity (Wildman–Crippen MR) is 70.6 cm³/mol. The molecule has 0 unspecified atom stereocenters. The number of aliphatic hydroxyl groups is 1. The minimum Gasteiger partial charge on any atom is -0.396 e. The summed E-state index contributed by atoms with van der Waals surface area (Å²) in [6.45, 7) is 3.74. The van der Waals surface area contributed by atoms with Crippen LogP contribution in [0, 0.1) is 13.8 Å². The zero-order chi connectivity index (χ0) is 13.1. The molecule has 2 rings (SSSR count). The number of aryl methyl sites for hydroxylation is 2. The highest BCUT2D eigenvalue weighted by Gasteiger charge is 2.08. The zero-order valence-corrected chi connectivity index (χ0v) is 10.5. The van der Waals surface area contributed by atoms with Gasteiger partial charge in [-0.25, -0.2) is 4.98 Å². The first-order valence-corrected chi connectivity index (χ1v) is 5.89. The molecule has 18 heavy (non-hydrogen) atoms. The third-order valence-corrected chi connectivity index (χ3v) is 2.88. The average molecular weight is 244 g/mol. The number of H-pyrrole nitrogens is 1. The lowest BCUT2D eigenvalue weighted by atomic mass is 10.1. The Morgan fingerprint density at radius 2 is 2.11 bits per heavy atom. The molecule has 0 radical (unpaired) electrons. The van der Waals surface area contributed by atoms with Crippen LogP contribution in [-0.4, -0.2) is 21.7 Å². The Bertz CT molecular complexity index is 617. The van der Waals surface area contributed by atoms with Gasteiger partial charge in [0.05, 0.1) is 0 Å². The van der Waals surface area contributed by atoms with E-state index >= 15 is 0 Å². The van der Waals surface area contributed by atoms with Crippen LogP contribution in [0.15, 0.2) is 29.1 Å². The summed E-state index contributed by atoms with van der Waals surface area (Å²) in [4.78, 5) is 19.1. The van der Waals surface area contributed by atoms with Crippen molar-refractivity contribution in [3.8, 4) is 11.4 Å². The van der Waals surface area contributed by atoms with Gasteiger partial charge in [-0.05, 0) is 19.9 Å². The normalized spacial score (nSPS) is 10.6. The molecule has 0 aliphatic carbocycles. The van der Waals surface area contributed by atoms with E-state index in [1.807, 2.05) is 31.2 Å². The number of benzene rings is 1. The molecule has 0 fully saturated rings. The Morgan fingerprint density at radius 3 is 2.72 bits per heavy atom. The number of aromatic nitrogens is 2. The lowest BCUT2D eigenvalue weighted by Gasteiger charge is -2.06. The highest BCUT2D eigenvalue weighted by Crippen LogP contribution is 2.15. The van der Waals surface area contributed by atoms with E-state index in [2.05, 4.69) is 9.97 Å². The van der Waals surface area contributed by atoms with Gasteiger partial charge in [0.15, 0.2) is 0 Å². The van der Waals surface area contributed by atoms with Crippen LogP contribution in [-0.2, 0) is 6.42 Å². The second-order valence-corrected chi connectivity index (χ2v) is 4.32. The number of hydrogen-bond acceptors (Lipinski definition) is 3. The first kappa shape index (κ1) is 12.5. The van der Waals surface area contributed by atoms with Crippen LogP contribution in [0.4, 0.5) is 0 Å². The van der Waals surface area contributed by atoms with Gasteiger partial charge in [-0.15, -0.1) is 0 Å². The molecular weight excluding hydrogens is 228 g/mol. The third-order valence-electron chi connectivity index (χ3n) is 2.88. The van der Waals surface area contributed by atoms with Crippen molar-refractivity contribution in [1.29, 1.82) is 0 Å². The van der Waals surface area contributed by atoms with Crippen LogP contribution in [0.1, 0.15) is 16.8 Å². The van der Waals surface area contributed by atoms with E-state index in [1.54, 1.807) is 6.92 Å². The van der Waals surface area contributed by atoms with Crippen molar-refractivity contribution < 1.29 is 5.11 Å². The van der Waals surface area contributed by atoms with E-state index < -0.39 is 0 Å². The fourth-order valence-electron chi connectivity index (χ4n) is 1.95. The number of rotatable bonds is 3. The van der Waals surface area contributed by atoms with E-state index in [9.17, 15) is 4.79 Å². The molecule has 94 valence electrons. The largest absolute Gasteiger partial charge is 0.396 e. The molecule has 4 heteroatoms. The highest BCUT2D eigenvalue weighted by atomic mass is 16.3. The van der Waals surface area contributed by atoms with Gasteiger partial charge in [-0.1, -0.05) is 23.8 Å². The van der Waals surface area contributed by atoms with Crippen LogP contribution < -0.4 is 5.56 Å². The lowest BCUT2D eigenvalue weighted by Crippen LogP contribution is -2.18. The van der Waals surface area contributed by atoms with Crippen molar-refractivity contribution in [2.24, 2.45) is 0 Å². The molecule has 0 saturated carbocycles. The van der Waals surface area contributed by atoms with Crippen LogP contribution in [0.2, 0.25) is 0 Å². The Kier molecular flexibility index (Phi) is 3.58. The smallest absolute Gasteiger partial charge is 0.254 e. The number of aromatic amines is 1. The van der Waals surface area contributed by atoms with Gasteiger partial charge in [-0.2, -0.15) is 0 Å². The van der Waals surface area contributed by atoms with Crippen LogP contribution in [0.5, 0.6) is 0 Å². The van der Waals surface area contributed by atoms with Gasteiger partial charge < -0.3 is 10.1 Å². The molecule has 2 N–H and O–H groups in total. The summed E-state index contributed by atoms with van der Waals surface area (Å²) in [5.74, 6) is 0.572. The van der Waals surface area contributed by atoms with Gasteiger partial charge in [0.2, 0.25) is 0 Å². The van der Waals surface area contributed by atoms with Gasteiger partial charge in [-0.3, -0.25) is 4.79 Å². The van der Waals surface area contributed by atoms with Crippen molar-refractivity contribution in [3.63, 3.8) is 0 Å². The Hall–Kier alpha value is -1.94. The van der Waals surface area contributed by atoms with E-state index in [-0.39, 0.29) is 12.2 Å². The Balaban J connectivity index is 2.51. The number of hydrogen-bond donors (Lipinski definition) is 2. The first-order chi connectivity index (χ1) is 8.61. The average Bonchev–Trinajstić information content (AvgIpc) is 2.33. The summed E-state index contributed by atoms with van der Waals surface area (Å²) in [7, 11) is 0. The van der Waals surface area contributed by atoms with Crippen molar-refractivity contribution >= 4 is 0 Å². The fourth-order valence-corrected chi connectivity index (χ4v) is 1.95. The maximum atomic E-state index is 11.9. The SMILES string of the molecule is Cc1cccc(-c2nc(C)c(CCO)c(=O)[nH]2)c1. The monoisotopic (exact) mass is 244 g/mol. The quantitative estimate of drug-likeness (QED) is 0.861. The summed E-state index contributed by atoms with van der Waals surface area (Å²) >= 11 is 0. The minimum atomic E-state index is -0.173. The van der Waals surface area contributed by atoms with Crippen LogP contribution in [0.3, 0.4) is 0 Å². The zero-order valence-electron chi connectivity index (χ0n) is 10.5. The lowest BCUT2D eigenvalue weighted by molar-refractivity contribution is 0.298. The maximum absolute atomic E-state index is 11.9. The van der Waals surface area contributed by atoms with Crippen molar-refractivity contribution in [2.75, 3.05) is 6.61 Å². The van der Waals surface area contributed by atoms with E-state index in [0.717, 1.165) is 11.1 Å². The molecule has 0 amide bonds. The number of nitrogens with one attached hydrogen (secondary N) is 1. The summed E-state index contributed by atoms with van der Waals surface area (Å²) in [5, 5.41) is 8.91. The van der Waals surface area contributed by atoms with Crippen LogP contribution >= 0.6 is 0 Å². The second kappa shape index (κ2) is 5.14. The molecule has 1 heterocycles. The van der Waals surface area contributed by atoms with Gasteiger partial charge >= 0.3 is 0 Å². The molecule has 0 saturated heterocycles. The summed E-state index contributed by atoms with van der Waals surface area (Å²) in [6, 6.07) is 7.82. The maximum Gasteiger partial charge on any atom is 0.254 e. The topological polar surface area (TPSA) is 66.0 Å². The van der Waals surface area contributed by atoms with E-state index in [4.69, 9.17) is 5.11 Å². The minimum absolute atomic E-state index is 0.0462. The molecule has 0 bridgehead atoms. The van der Waals surface area contributed by atoms with Crippen molar-refractivity contribution in [1.82, 2.24) is 9.97 Å². The summed E-state index contributed by atoms with van der Waals surface area (Å²) in [6.07, 6.45) is 0.336.